The zero-order valence-electron chi connectivity index (χ0n) is 18.1. The molecular formula is C22H20FN5O5S. The van der Waals surface area contributed by atoms with Crippen molar-refractivity contribution in [1.82, 2.24) is 15.5 Å². The van der Waals surface area contributed by atoms with Crippen LogP contribution in [0, 0.1) is 5.82 Å². The number of anilines is 2. The molecule has 2 aromatic heterocycles. The first-order chi connectivity index (χ1) is 16.5. The second-order valence-corrected chi connectivity index (χ2v) is 8.06. The van der Waals surface area contributed by atoms with Gasteiger partial charge >= 0.3 is 5.97 Å². The van der Waals surface area contributed by atoms with Gasteiger partial charge in [0.05, 0.1) is 23.9 Å². The molecule has 4 aromatic rings. The Morgan fingerprint density at radius 1 is 1.24 bits per heavy atom. The molecule has 0 unspecified atom stereocenters. The summed E-state index contributed by atoms with van der Waals surface area (Å²) in [5, 5.41) is 23.1. The zero-order valence-corrected chi connectivity index (χ0v) is 18.9. The van der Waals surface area contributed by atoms with Gasteiger partial charge in [0.2, 0.25) is 11.6 Å². The number of ether oxygens (including phenoxy) is 2. The van der Waals surface area contributed by atoms with Crippen LogP contribution >= 0.6 is 11.3 Å². The standard InChI is InChI=1S/C22H20FN5O5S/c1-31-11-17(21(29)32-2)25-20(27-30)18-10-16(28-33-18)12-3-6-14(7-4-12)24-22-26-15-8-5-13(23)9-19(15)34-22/h3-10,17,30H,11H2,1-2H3,(H,24,26)(H,25,27)/t17-/m0/s1. The molecule has 0 saturated carbocycles. The molecule has 0 amide bonds. The van der Waals surface area contributed by atoms with Crippen LogP contribution in [0.25, 0.3) is 21.5 Å². The third kappa shape index (κ3) is 5.13. The van der Waals surface area contributed by atoms with Gasteiger partial charge < -0.3 is 29.8 Å². The summed E-state index contributed by atoms with van der Waals surface area (Å²) in [5.74, 6) is -0.879. The highest BCUT2D eigenvalue weighted by molar-refractivity contribution is 7.22. The first-order valence-corrected chi connectivity index (χ1v) is 10.8. The van der Waals surface area contributed by atoms with E-state index in [4.69, 9.17) is 14.0 Å². The predicted molar refractivity (Wildman–Crippen MR) is 124 cm³/mol. The number of nitrogens with one attached hydrogen (secondary N) is 2. The summed E-state index contributed by atoms with van der Waals surface area (Å²) in [7, 11) is 2.67. The van der Waals surface area contributed by atoms with Crippen LogP contribution in [0.1, 0.15) is 5.76 Å². The number of carbonyl (C=O) groups excluding carboxylic acids is 1. The van der Waals surface area contributed by atoms with Gasteiger partial charge in [0.1, 0.15) is 17.6 Å². The third-order valence-electron chi connectivity index (χ3n) is 4.76. The predicted octanol–water partition coefficient (Wildman–Crippen LogP) is 3.75. The van der Waals surface area contributed by atoms with Crippen LogP contribution in [0.5, 0.6) is 0 Å². The molecule has 0 aliphatic heterocycles. The van der Waals surface area contributed by atoms with Crippen molar-refractivity contribution < 1.29 is 28.4 Å². The Bertz CT molecular complexity index is 1320. The summed E-state index contributed by atoms with van der Waals surface area (Å²) in [6.45, 7) is -0.00918. The lowest BCUT2D eigenvalue weighted by molar-refractivity contribution is -0.144. The van der Waals surface area contributed by atoms with Crippen LogP contribution in [0.3, 0.4) is 0 Å². The van der Waals surface area contributed by atoms with Crippen molar-refractivity contribution >= 4 is 44.2 Å². The number of methoxy groups -OCH3 is 2. The highest BCUT2D eigenvalue weighted by atomic mass is 32.1. The molecule has 176 valence electrons. The number of nitrogens with zero attached hydrogens (tertiary/aromatic N) is 3. The first kappa shape index (κ1) is 23.1. The molecule has 0 bridgehead atoms. The van der Waals surface area contributed by atoms with Gasteiger partial charge in [-0.2, -0.15) is 0 Å². The molecule has 4 rings (SSSR count). The van der Waals surface area contributed by atoms with Gasteiger partial charge in [0.25, 0.3) is 0 Å². The zero-order chi connectivity index (χ0) is 24.1. The average Bonchev–Trinajstić information content (AvgIpc) is 3.48. The number of amidine groups is 1. The molecule has 0 aliphatic carbocycles. The smallest absolute Gasteiger partial charge is 0.330 e. The summed E-state index contributed by atoms with van der Waals surface area (Å²) >= 11 is 1.35. The van der Waals surface area contributed by atoms with E-state index >= 15 is 0 Å². The minimum absolute atomic E-state index is 0.00918. The van der Waals surface area contributed by atoms with E-state index in [-0.39, 0.29) is 24.0 Å². The number of hydrogen-bond acceptors (Lipinski definition) is 10. The number of halogens is 1. The largest absolute Gasteiger partial charge is 0.467 e. The number of oxime groups is 1. The third-order valence-corrected chi connectivity index (χ3v) is 5.69. The normalized spacial score (nSPS) is 12.5. The Morgan fingerprint density at radius 3 is 2.74 bits per heavy atom. The lowest BCUT2D eigenvalue weighted by atomic mass is 10.1. The number of esters is 1. The maximum absolute atomic E-state index is 13.4. The second kappa shape index (κ2) is 10.3. The number of thiazole rings is 1. The number of hydrogen-bond donors (Lipinski definition) is 3. The van der Waals surface area contributed by atoms with Crippen molar-refractivity contribution in [3.05, 3.63) is 60.1 Å². The number of rotatable bonds is 8. The quantitative estimate of drug-likeness (QED) is 0.112. The lowest BCUT2D eigenvalue weighted by Gasteiger charge is -2.15. The topological polar surface area (TPSA) is 131 Å². The van der Waals surface area contributed by atoms with Crippen molar-refractivity contribution in [2.24, 2.45) is 5.16 Å². The van der Waals surface area contributed by atoms with Crippen LogP contribution in [0.15, 0.2) is 58.2 Å². The molecule has 0 radical (unpaired) electrons. The molecule has 0 spiro atoms. The monoisotopic (exact) mass is 485 g/mol. The van der Waals surface area contributed by atoms with Crippen molar-refractivity contribution in [2.45, 2.75) is 6.04 Å². The molecular weight excluding hydrogens is 465 g/mol. The lowest BCUT2D eigenvalue weighted by Crippen LogP contribution is -2.44. The Balaban J connectivity index is 1.46. The SMILES string of the molecule is COC[C@H](N/C(=N\O)c1cc(-c2ccc(Nc3nc4ccc(F)cc4s3)cc2)no1)C(=O)OC. The Morgan fingerprint density at radius 2 is 2.03 bits per heavy atom. The molecule has 0 saturated heterocycles. The first-order valence-electron chi connectivity index (χ1n) is 9.96. The van der Waals surface area contributed by atoms with Crippen LogP contribution in [0.4, 0.5) is 15.2 Å². The van der Waals surface area contributed by atoms with Crippen LogP contribution in [0.2, 0.25) is 0 Å². The minimum Gasteiger partial charge on any atom is -0.467 e. The van der Waals surface area contributed by atoms with Crippen molar-refractivity contribution in [3.63, 3.8) is 0 Å². The van der Waals surface area contributed by atoms with Crippen molar-refractivity contribution in [2.75, 3.05) is 26.1 Å². The molecule has 10 nitrogen and oxygen atoms in total. The molecule has 1 atom stereocenters. The maximum atomic E-state index is 13.4. The van der Waals surface area contributed by atoms with Gasteiger partial charge in [-0.1, -0.05) is 33.8 Å². The van der Waals surface area contributed by atoms with E-state index in [1.165, 1.54) is 37.7 Å². The van der Waals surface area contributed by atoms with Crippen molar-refractivity contribution in [1.29, 1.82) is 0 Å². The summed E-state index contributed by atoms with van der Waals surface area (Å²) in [5.41, 5.74) is 2.73. The number of aromatic nitrogens is 2. The van der Waals surface area contributed by atoms with E-state index in [0.29, 0.717) is 10.8 Å². The fraction of sp³-hybridized carbons (Fsp3) is 0.182. The van der Waals surface area contributed by atoms with Crippen LogP contribution in [-0.2, 0) is 14.3 Å². The van der Waals surface area contributed by atoms with E-state index in [1.807, 2.05) is 24.3 Å². The molecule has 2 aromatic carbocycles. The molecule has 0 fully saturated rings. The number of carbonyl (C=O) groups is 1. The van der Waals surface area contributed by atoms with Gasteiger partial charge in [-0.25, -0.2) is 14.2 Å². The van der Waals surface area contributed by atoms with E-state index in [2.05, 4.69) is 25.9 Å². The van der Waals surface area contributed by atoms with Crippen LogP contribution in [-0.4, -0.2) is 54.0 Å². The van der Waals surface area contributed by atoms with E-state index in [0.717, 1.165) is 21.5 Å². The second-order valence-electron chi connectivity index (χ2n) is 7.03. The molecule has 2 heterocycles. The van der Waals surface area contributed by atoms with E-state index in [1.54, 1.807) is 12.1 Å². The highest BCUT2D eigenvalue weighted by Gasteiger charge is 2.23. The van der Waals surface area contributed by atoms with Gasteiger partial charge in [0.15, 0.2) is 5.13 Å². The highest BCUT2D eigenvalue weighted by Crippen LogP contribution is 2.29. The fourth-order valence-electron chi connectivity index (χ4n) is 3.11. The summed E-state index contributed by atoms with van der Waals surface area (Å²) in [4.78, 5) is 16.3. The van der Waals surface area contributed by atoms with Gasteiger partial charge in [0, 0.05) is 24.4 Å². The van der Waals surface area contributed by atoms with Gasteiger partial charge in [-0.3, -0.25) is 0 Å². The molecule has 3 N–H and O–H groups in total. The Kier molecular flexibility index (Phi) is 6.99. The number of fused-ring (bicyclic) bond motifs is 1. The van der Waals surface area contributed by atoms with E-state index < -0.39 is 12.0 Å². The molecule has 0 aliphatic rings. The summed E-state index contributed by atoms with van der Waals surface area (Å²) in [6.07, 6.45) is 0. The Hall–Kier alpha value is -4.03. The average molecular weight is 485 g/mol. The fourth-order valence-corrected chi connectivity index (χ4v) is 4.03. The minimum atomic E-state index is -0.904. The number of benzene rings is 2. The molecule has 12 heteroatoms. The molecule has 34 heavy (non-hydrogen) atoms. The van der Waals surface area contributed by atoms with Gasteiger partial charge in [-0.05, 0) is 30.3 Å². The van der Waals surface area contributed by atoms with Crippen molar-refractivity contribution in [3.8, 4) is 11.3 Å². The maximum Gasteiger partial charge on any atom is 0.330 e. The van der Waals surface area contributed by atoms with Gasteiger partial charge in [-0.15, -0.1) is 0 Å². The summed E-state index contributed by atoms with van der Waals surface area (Å²) in [6, 6.07) is 12.4. The van der Waals surface area contributed by atoms with E-state index in [9.17, 15) is 14.4 Å². The summed E-state index contributed by atoms with van der Waals surface area (Å²) < 4.78 is 29.1. The Labute approximate surface area is 197 Å². The van der Waals surface area contributed by atoms with Crippen LogP contribution < -0.4 is 10.6 Å².